The molecule has 2 rings (SSSR count). The van der Waals surface area contributed by atoms with Crippen molar-refractivity contribution in [1.29, 1.82) is 5.26 Å². The fourth-order valence-electron chi connectivity index (χ4n) is 1.49. The summed E-state index contributed by atoms with van der Waals surface area (Å²) < 4.78 is 1.66. The minimum Gasteiger partial charge on any atom is -0.275 e. The normalized spacial score (nSPS) is 12.1. The molecule has 0 aliphatic carbocycles. The maximum absolute atomic E-state index is 9.16. The summed E-state index contributed by atoms with van der Waals surface area (Å²) in [6, 6.07) is 7.45. The Bertz CT molecular complexity index is 541. The van der Waals surface area contributed by atoms with Gasteiger partial charge in [-0.25, -0.2) is 4.98 Å². The van der Waals surface area contributed by atoms with Crippen molar-refractivity contribution in [2.75, 3.05) is 0 Å². The van der Waals surface area contributed by atoms with Crippen molar-refractivity contribution in [3.8, 4) is 6.07 Å². The van der Waals surface area contributed by atoms with Gasteiger partial charge in [0.2, 0.25) is 0 Å². The SMILES string of the molecule is Cn1cc(C(C#N)c2cccc(Cl)n2)cn1. The predicted molar refractivity (Wildman–Crippen MR) is 59.9 cm³/mol. The molecule has 0 aromatic carbocycles. The van der Waals surface area contributed by atoms with E-state index in [1.54, 1.807) is 35.3 Å². The van der Waals surface area contributed by atoms with E-state index in [0.29, 0.717) is 10.8 Å². The standard InChI is InChI=1S/C11H9ClN4/c1-16-7-8(6-14-16)9(5-13)10-3-2-4-11(12)15-10/h2-4,6-7,9H,1H3. The molecule has 0 spiro atoms. The Balaban J connectivity index is 2.41. The van der Waals surface area contributed by atoms with E-state index in [9.17, 15) is 0 Å². The largest absolute Gasteiger partial charge is 0.275 e. The Morgan fingerprint density at radius 3 is 2.88 bits per heavy atom. The highest BCUT2D eigenvalue weighted by molar-refractivity contribution is 6.29. The first-order chi connectivity index (χ1) is 7.70. The maximum atomic E-state index is 9.16. The van der Waals surface area contributed by atoms with Gasteiger partial charge in [-0.3, -0.25) is 4.68 Å². The molecule has 0 N–H and O–H groups in total. The zero-order chi connectivity index (χ0) is 11.5. The van der Waals surface area contributed by atoms with Gasteiger partial charge >= 0.3 is 0 Å². The van der Waals surface area contributed by atoms with Crippen LogP contribution in [0.1, 0.15) is 17.2 Å². The molecule has 1 unspecified atom stereocenters. The predicted octanol–water partition coefficient (Wildman–Crippen LogP) is 2.12. The Labute approximate surface area is 98.1 Å². The molecular weight excluding hydrogens is 224 g/mol. The first-order valence-electron chi connectivity index (χ1n) is 4.71. The molecule has 5 heteroatoms. The van der Waals surface area contributed by atoms with E-state index in [1.807, 2.05) is 7.05 Å². The minimum absolute atomic E-state index is 0.390. The first kappa shape index (κ1) is 10.7. The smallest absolute Gasteiger partial charge is 0.129 e. The van der Waals surface area contributed by atoms with Gasteiger partial charge in [0, 0.05) is 18.8 Å². The summed E-state index contributed by atoms with van der Waals surface area (Å²) in [4.78, 5) is 4.14. The second-order valence-electron chi connectivity index (χ2n) is 3.39. The van der Waals surface area contributed by atoms with Gasteiger partial charge in [-0.05, 0) is 12.1 Å². The molecule has 0 fully saturated rings. The topological polar surface area (TPSA) is 54.5 Å². The van der Waals surface area contributed by atoms with E-state index in [-0.39, 0.29) is 0 Å². The summed E-state index contributed by atoms with van der Waals surface area (Å²) in [7, 11) is 1.81. The summed E-state index contributed by atoms with van der Waals surface area (Å²) in [6.07, 6.45) is 3.47. The third kappa shape index (κ3) is 2.05. The van der Waals surface area contributed by atoms with Crippen LogP contribution in [0, 0.1) is 11.3 Å². The van der Waals surface area contributed by atoms with Crippen molar-refractivity contribution in [3.63, 3.8) is 0 Å². The lowest BCUT2D eigenvalue weighted by atomic mass is 10.0. The van der Waals surface area contributed by atoms with Crippen LogP contribution < -0.4 is 0 Å². The van der Waals surface area contributed by atoms with Crippen molar-refractivity contribution in [3.05, 3.63) is 47.0 Å². The van der Waals surface area contributed by atoms with Crippen LogP contribution in [0.5, 0.6) is 0 Å². The van der Waals surface area contributed by atoms with Crippen LogP contribution in [0.2, 0.25) is 5.15 Å². The fourth-order valence-corrected chi connectivity index (χ4v) is 1.66. The fraction of sp³-hybridized carbons (Fsp3) is 0.182. The summed E-state index contributed by atoms with van der Waals surface area (Å²) in [6.45, 7) is 0. The lowest BCUT2D eigenvalue weighted by Gasteiger charge is -2.05. The molecule has 16 heavy (non-hydrogen) atoms. The summed E-state index contributed by atoms with van der Waals surface area (Å²) in [5.74, 6) is -0.424. The molecule has 0 saturated heterocycles. The monoisotopic (exact) mass is 232 g/mol. The molecular formula is C11H9ClN4. The number of hydrogen-bond acceptors (Lipinski definition) is 3. The van der Waals surface area contributed by atoms with Crippen LogP contribution in [0.15, 0.2) is 30.6 Å². The van der Waals surface area contributed by atoms with E-state index in [2.05, 4.69) is 16.2 Å². The molecule has 0 aliphatic heterocycles. The van der Waals surface area contributed by atoms with Gasteiger partial charge in [0.25, 0.3) is 0 Å². The van der Waals surface area contributed by atoms with Crippen molar-refractivity contribution < 1.29 is 0 Å². The lowest BCUT2D eigenvalue weighted by molar-refractivity contribution is 0.766. The van der Waals surface area contributed by atoms with Gasteiger partial charge in [-0.1, -0.05) is 17.7 Å². The minimum atomic E-state index is -0.424. The van der Waals surface area contributed by atoms with E-state index in [1.165, 1.54) is 0 Å². The van der Waals surface area contributed by atoms with Crippen LogP contribution in [-0.4, -0.2) is 14.8 Å². The van der Waals surface area contributed by atoms with Crippen molar-refractivity contribution in [2.45, 2.75) is 5.92 Å². The molecule has 1 atom stereocenters. The van der Waals surface area contributed by atoms with Crippen LogP contribution in [0.4, 0.5) is 0 Å². The average Bonchev–Trinajstić information content (AvgIpc) is 2.66. The number of nitrogens with zero attached hydrogens (tertiary/aromatic N) is 4. The van der Waals surface area contributed by atoms with Crippen LogP contribution in [-0.2, 0) is 7.05 Å². The van der Waals surface area contributed by atoms with Gasteiger partial charge in [-0.15, -0.1) is 0 Å². The molecule has 80 valence electrons. The number of hydrogen-bond donors (Lipinski definition) is 0. The molecule has 0 aliphatic rings. The molecule has 2 aromatic heterocycles. The van der Waals surface area contributed by atoms with Crippen molar-refractivity contribution in [2.24, 2.45) is 7.05 Å². The van der Waals surface area contributed by atoms with Gasteiger partial charge in [0.05, 0.1) is 18.0 Å². The third-order valence-electron chi connectivity index (χ3n) is 2.22. The molecule has 2 aromatic rings. The summed E-state index contributed by atoms with van der Waals surface area (Å²) >= 11 is 5.80. The molecule has 0 amide bonds. The Morgan fingerprint density at radius 1 is 1.50 bits per heavy atom. The molecule has 2 heterocycles. The summed E-state index contributed by atoms with van der Waals surface area (Å²) in [5, 5.41) is 13.6. The van der Waals surface area contributed by atoms with Crippen LogP contribution >= 0.6 is 11.6 Å². The third-order valence-corrected chi connectivity index (χ3v) is 2.43. The Kier molecular flexibility index (Phi) is 2.88. The highest BCUT2D eigenvalue weighted by Crippen LogP contribution is 2.22. The number of rotatable bonds is 2. The average molecular weight is 233 g/mol. The molecule has 0 saturated carbocycles. The Morgan fingerprint density at radius 2 is 2.31 bits per heavy atom. The van der Waals surface area contributed by atoms with E-state index in [0.717, 1.165) is 5.56 Å². The Hall–Kier alpha value is -1.86. The van der Waals surface area contributed by atoms with Gasteiger partial charge in [-0.2, -0.15) is 10.4 Å². The van der Waals surface area contributed by atoms with E-state index in [4.69, 9.17) is 16.9 Å². The number of aromatic nitrogens is 3. The number of aryl methyl sites for hydroxylation is 1. The number of nitriles is 1. The zero-order valence-electron chi connectivity index (χ0n) is 8.63. The number of halogens is 1. The van der Waals surface area contributed by atoms with Gasteiger partial charge < -0.3 is 0 Å². The lowest BCUT2D eigenvalue weighted by Crippen LogP contribution is -2.00. The highest BCUT2D eigenvalue weighted by Gasteiger charge is 2.16. The first-order valence-corrected chi connectivity index (χ1v) is 5.09. The molecule has 0 radical (unpaired) electrons. The molecule has 0 bridgehead atoms. The number of pyridine rings is 1. The quantitative estimate of drug-likeness (QED) is 0.746. The second-order valence-corrected chi connectivity index (χ2v) is 3.78. The highest BCUT2D eigenvalue weighted by atomic mass is 35.5. The van der Waals surface area contributed by atoms with Crippen molar-refractivity contribution in [1.82, 2.24) is 14.8 Å². The van der Waals surface area contributed by atoms with Crippen LogP contribution in [0.25, 0.3) is 0 Å². The van der Waals surface area contributed by atoms with E-state index < -0.39 is 5.92 Å². The van der Waals surface area contributed by atoms with Crippen LogP contribution in [0.3, 0.4) is 0 Å². The van der Waals surface area contributed by atoms with E-state index >= 15 is 0 Å². The van der Waals surface area contributed by atoms with Gasteiger partial charge in [0.1, 0.15) is 11.1 Å². The second kappa shape index (κ2) is 4.33. The summed E-state index contributed by atoms with van der Waals surface area (Å²) in [5.41, 5.74) is 1.46. The molecule has 4 nitrogen and oxygen atoms in total. The van der Waals surface area contributed by atoms with Crippen molar-refractivity contribution >= 4 is 11.6 Å². The zero-order valence-corrected chi connectivity index (χ0v) is 9.39. The van der Waals surface area contributed by atoms with Gasteiger partial charge in [0.15, 0.2) is 0 Å². The maximum Gasteiger partial charge on any atom is 0.129 e.